The minimum Gasteiger partial charge on any atom is -0.492 e. The first-order chi connectivity index (χ1) is 13.6. The number of para-hydroxylation sites is 2. The predicted molar refractivity (Wildman–Crippen MR) is 111 cm³/mol. The molecular formula is C23H30N2O3. The largest absolute Gasteiger partial charge is 0.492 e. The third-order valence-electron chi connectivity index (χ3n) is 5.03. The molecule has 1 N–H and O–H groups in total. The zero-order valence-electron chi connectivity index (χ0n) is 16.9. The van der Waals surface area contributed by atoms with Crippen LogP contribution in [0.5, 0.6) is 11.5 Å². The number of aryl methyl sites for hydroxylation is 2. The first kappa shape index (κ1) is 20.2. The zero-order chi connectivity index (χ0) is 19.8. The first-order valence-electron chi connectivity index (χ1n) is 10.0. The molecule has 0 spiro atoms. The molecular weight excluding hydrogens is 352 g/mol. The van der Waals surface area contributed by atoms with E-state index in [0.29, 0.717) is 13.2 Å². The summed E-state index contributed by atoms with van der Waals surface area (Å²) in [5, 5.41) is 3.39. The topological polar surface area (TPSA) is 50.8 Å². The van der Waals surface area contributed by atoms with Crippen molar-refractivity contribution in [1.29, 1.82) is 0 Å². The van der Waals surface area contributed by atoms with Gasteiger partial charge in [0.25, 0.3) is 5.91 Å². The second kappa shape index (κ2) is 10.1. The number of nitrogens with zero attached hydrogens (tertiary/aromatic N) is 1. The fourth-order valence-electron chi connectivity index (χ4n) is 3.46. The number of likely N-dealkylation sites (tertiary alicyclic amines) is 1. The van der Waals surface area contributed by atoms with Crippen LogP contribution in [0.15, 0.2) is 42.5 Å². The van der Waals surface area contributed by atoms with Gasteiger partial charge in [0.2, 0.25) is 0 Å². The highest BCUT2D eigenvalue weighted by molar-refractivity contribution is 5.78. The average molecular weight is 383 g/mol. The monoisotopic (exact) mass is 382 g/mol. The Kier molecular flexibility index (Phi) is 7.31. The van der Waals surface area contributed by atoms with Crippen molar-refractivity contribution in [3.8, 4) is 11.5 Å². The van der Waals surface area contributed by atoms with Crippen molar-refractivity contribution in [1.82, 2.24) is 10.2 Å². The Balaban J connectivity index is 1.44. The van der Waals surface area contributed by atoms with Crippen LogP contribution in [0.2, 0.25) is 0 Å². The summed E-state index contributed by atoms with van der Waals surface area (Å²) in [5.41, 5.74) is 3.35. The maximum atomic E-state index is 12.2. The van der Waals surface area contributed by atoms with Crippen LogP contribution in [-0.4, -0.2) is 43.7 Å². The number of rotatable bonds is 9. The molecule has 0 radical (unpaired) electrons. The summed E-state index contributed by atoms with van der Waals surface area (Å²) in [7, 11) is 0. The second-order valence-electron chi connectivity index (χ2n) is 7.23. The third-order valence-corrected chi connectivity index (χ3v) is 5.03. The molecule has 3 rings (SSSR count). The molecule has 0 aliphatic carbocycles. The number of carbonyl (C=O) groups is 1. The van der Waals surface area contributed by atoms with E-state index in [9.17, 15) is 4.79 Å². The van der Waals surface area contributed by atoms with Gasteiger partial charge in [-0.15, -0.1) is 0 Å². The van der Waals surface area contributed by atoms with E-state index >= 15 is 0 Å². The van der Waals surface area contributed by atoms with Crippen LogP contribution in [0.3, 0.4) is 0 Å². The molecule has 5 nitrogen and oxygen atoms in total. The van der Waals surface area contributed by atoms with Gasteiger partial charge < -0.3 is 19.7 Å². The van der Waals surface area contributed by atoms with Crippen molar-refractivity contribution in [3.63, 3.8) is 0 Å². The molecule has 1 saturated heterocycles. The number of nitrogens with one attached hydrogen (secondary N) is 1. The highest BCUT2D eigenvalue weighted by atomic mass is 16.5. The second-order valence-corrected chi connectivity index (χ2v) is 7.23. The molecule has 1 amide bonds. The van der Waals surface area contributed by atoms with Crippen molar-refractivity contribution in [2.24, 2.45) is 0 Å². The van der Waals surface area contributed by atoms with Gasteiger partial charge in [0, 0.05) is 31.7 Å². The van der Waals surface area contributed by atoms with Crippen LogP contribution in [0.25, 0.3) is 0 Å². The van der Waals surface area contributed by atoms with E-state index in [-0.39, 0.29) is 12.5 Å². The smallest absolute Gasteiger partial charge is 0.260 e. The SMILES string of the molecule is Cc1cccc(C)c1OCCNCc1ccccc1OCC(=O)N1CCCC1. The van der Waals surface area contributed by atoms with Gasteiger partial charge in [-0.2, -0.15) is 0 Å². The summed E-state index contributed by atoms with van der Waals surface area (Å²) in [5.74, 6) is 1.80. The Labute approximate surface area is 167 Å². The van der Waals surface area contributed by atoms with Crippen LogP contribution in [0.4, 0.5) is 0 Å². The van der Waals surface area contributed by atoms with E-state index in [1.54, 1.807) is 0 Å². The summed E-state index contributed by atoms with van der Waals surface area (Å²) >= 11 is 0. The van der Waals surface area contributed by atoms with Crippen LogP contribution < -0.4 is 14.8 Å². The Morgan fingerprint density at radius 1 is 1.00 bits per heavy atom. The molecule has 0 aromatic heterocycles. The molecule has 0 unspecified atom stereocenters. The lowest BCUT2D eigenvalue weighted by Crippen LogP contribution is -2.32. The van der Waals surface area contributed by atoms with Gasteiger partial charge in [-0.1, -0.05) is 36.4 Å². The summed E-state index contributed by atoms with van der Waals surface area (Å²) in [4.78, 5) is 14.1. The number of benzene rings is 2. The Morgan fingerprint density at radius 3 is 2.46 bits per heavy atom. The van der Waals surface area contributed by atoms with Gasteiger partial charge in [-0.05, 0) is 43.9 Å². The molecule has 28 heavy (non-hydrogen) atoms. The molecule has 0 bridgehead atoms. The Hall–Kier alpha value is -2.53. The predicted octanol–water partition coefficient (Wildman–Crippen LogP) is 3.47. The summed E-state index contributed by atoms with van der Waals surface area (Å²) in [6.45, 7) is 7.94. The molecule has 1 aliphatic rings. The van der Waals surface area contributed by atoms with E-state index in [1.807, 2.05) is 35.2 Å². The van der Waals surface area contributed by atoms with Gasteiger partial charge in [-0.25, -0.2) is 0 Å². The summed E-state index contributed by atoms with van der Waals surface area (Å²) < 4.78 is 11.7. The maximum Gasteiger partial charge on any atom is 0.260 e. The van der Waals surface area contributed by atoms with Crippen LogP contribution in [-0.2, 0) is 11.3 Å². The molecule has 0 atom stereocenters. The molecule has 2 aromatic carbocycles. The van der Waals surface area contributed by atoms with E-state index in [2.05, 4.69) is 31.3 Å². The van der Waals surface area contributed by atoms with Gasteiger partial charge in [-0.3, -0.25) is 4.79 Å². The molecule has 0 saturated carbocycles. The lowest BCUT2D eigenvalue weighted by Gasteiger charge is -2.17. The van der Waals surface area contributed by atoms with Crippen LogP contribution in [0, 0.1) is 13.8 Å². The molecule has 150 valence electrons. The van der Waals surface area contributed by atoms with Gasteiger partial charge >= 0.3 is 0 Å². The fourth-order valence-corrected chi connectivity index (χ4v) is 3.46. The van der Waals surface area contributed by atoms with E-state index < -0.39 is 0 Å². The van der Waals surface area contributed by atoms with E-state index in [1.165, 1.54) is 0 Å². The van der Waals surface area contributed by atoms with Crippen LogP contribution in [0.1, 0.15) is 29.5 Å². The Bertz CT molecular complexity index is 765. The number of carbonyl (C=O) groups excluding carboxylic acids is 1. The molecule has 1 fully saturated rings. The molecule has 2 aromatic rings. The lowest BCUT2D eigenvalue weighted by atomic mass is 10.1. The third kappa shape index (κ3) is 5.49. The molecule has 5 heteroatoms. The van der Waals surface area contributed by atoms with E-state index in [4.69, 9.17) is 9.47 Å². The molecule has 1 aliphatic heterocycles. The number of amides is 1. The zero-order valence-corrected chi connectivity index (χ0v) is 16.9. The van der Waals surface area contributed by atoms with Crippen molar-refractivity contribution in [3.05, 3.63) is 59.2 Å². The van der Waals surface area contributed by atoms with Gasteiger partial charge in [0.1, 0.15) is 18.1 Å². The maximum absolute atomic E-state index is 12.2. The number of ether oxygens (including phenoxy) is 2. The highest BCUT2D eigenvalue weighted by Gasteiger charge is 2.18. The quantitative estimate of drug-likeness (QED) is 0.675. The highest BCUT2D eigenvalue weighted by Crippen LogP contribution is 2.22. The minimum absolute atomic E-state index is 0.0715. The van der Waals surface area contributed by atoms with Gasteiger partial charge in [0.15, 0.2) is 6.61 Å². The Morgan fingerprint density at radius 2 is 1.71 bits per heavy atom. The lowest BCUT2D eigenvalue weighted by molar-refractivity contribution is -0.132. The van der Waals surface area contributed by atoms with Crippen molar-refractivity contribution >= 4 is 5.91 Å². The fraction of sp³-hybridized carbons (Fsp3) is 0.435. The van der Waals surface area contributed by atoms with Gasteiger partial charge in [0.05, 0.1) is 0 Å². The number of hydrogen-bond donors (Lipinski definition) is 1. The number of hydrogen-bond acceptors (Lipinski definition) is 4. The summed E-state index contributed by atoms with van der Waals surface area (Å²) in [6, 6.07) is 14.0. The normalized spacial score (nSPS) is 13.6. The minimum atomic E-state index is 0.0715. The summed E-state index contributed by atoms with van der Waals surface area (Å²) in [6.07, 6.45) is 2.19. The molecule has 1 heterocycles. The standard InChI is InChI=1S/C23H30N2O3/c1-18-8-7-9-19(2)23(18)27-15-12-24-16-20-10-3-4-11-21(20)28-17-22(26)25-13-5-6-14-25/h3-4,7-11,24H,5-6,12-17H2,1-2H3. The van der Waals surface area contributed by atoms with Crippen molar-refractivity contribution in [2.75, 3.05) is 32.8 Å². The average Bonchev–Trinajstić information content (AvgIpc) is 3.23. The van der Waals surface area contributed by atoms with Crippen molar-refractivity contribution < 1.29 is 14.3 Å². The van der Waals surface area contributed by atoms with E-state index in [0.717, 1.165) is 60.7 Å². The van der Waals surface area contributed by atoms with Crippen molar-refractivity contribution in [2.45, 2.75) is 33.2 Å². The first-order valence-corrected chi connectivity index (χ1v) is 10.0. The van der Waals surface area contributed by atoms with Crippen LogP contribution >= 0.6 is 0 Å².